The number of aromatic hydroxyl groups is 1. The Labute approximate surface area is 136 Å². The second-order valence-corrected chi connectivity index (χ2v) is 6.58. The minimum absolute atomic E-state index is 0.0503. The SMILES string of the molecule is Cc1c(C[NH+]2CCC[C@@H](C)C2)c(O)n(CCCO)c(=O)c1C#N. The number of hydrogen-bond donors (Lipinski definition) is 3. The van der Waals surface area contributed by atoms with Gasteiger partial charge in [0.25, 0.3) is 5.56 Å². The summed E-state index contributed by atoms with van der Waals surface area (Å²) < 4.78 is 1.23. The molecule has 0 aliphatic carbocycles. The number of aliphatic hydroxyl groups is 1. The first-order valence-corrected chi connectivity index (χ1v) is 8.29. The minimum atomic E-state index is -0.471. The maximum atomic E-state index is 12.3. The number of nitrogens with one attached hydrogen (secondary N) is 1. The molecule has 2 rings (SSSR count). The van der Waals surface area contributed by atoms with Crippen LogP contribution in [0.25, 0.3) is 0 Å². The van der Waals surface area contributed by atoms with Gasteiger partial charge < -0.3 is 15.1 Å². The standard InChI is InChI=1S/C17H25N3O3/c1-12-5-3-6-19(10-12)11-15-13(2)14(9-18)16(22)20(17(15)23)7-4-8-21/h12,21,23H,3-8,10-11H2,1-2H3/p+1/t12-/m1/s1. The molecule has 0 spiro atoms. The molecular weight excluding hydrogens is 294 g/mol. The average Bonchev–Trinajstić information content (AvgIpc) is 2.52. The summed E-state index contributed by atoms with van der Waals surface area (Å²) in [6, 6.07) is 1.98. The van der Waals surface area contributed by atoms with E-state index in [0.717, 1.165) is 19.5 Å². The van der Waals surface area contributed by atoms with Crippen LogP contribution in [0, 0.1) is 24.2 Å². The summed E-state index contributed by atoms with van der Waals surface area (Å²) in [6.45, 7) is 6.82. The van der Waals surface area contributed by atoms with Crippen molar-refractivity contribution in [2.45, 2.75) is 46.2 Å². The molecule has 1 fully saturated rings. The fourth-order valence-corrected chi connectivity index (χ4v) is 3.46. The second-order valence-electron chi connectivity index (χ2n) is 6.58. The van der Waals surface area contributed by atoms with E-state index in [9.17, 15) is 15.2 Å². The average molecular weight is 320 g/mol. The second kappa shape index (κ2) is 7.62. The van der Waals surface area contributed by atoms with Gasteiger partial charge in [0, 0.05) is 19.1 Å². The van der Waals surface area contributed by atoms with Crippen LogP contribution < -0.4 is 10.5 Å². The number of aliphatic hydroxyl groups excluding tert-OH is 1. The van der Waals surface area contributed by atoms with Crippen LogP contribution >= 0.6 is 0 Å². The molecule has 0 bridgehead atoms. The van der Waals surface area contributed by atoms with Gasteiger partial charge in [0.1, 0.15) is 18.2 Å². The first-order valence-electron chi connectivity index (χ1n) is 8.29. The zero-order chi connectivity index (χ0) is 17.0. The van der Waals surface area contributed by atoms with Crippen molar-refractivity contribution in [2.24, 2.45) is 5.92 Å². The quantitative estimate of drug-likeness (QED) is 0.708. The lowest BCUT2D eigenvalue weighted by Crippen LogP contribution is -3.12. The van der Waals surface area contributed by atoms with E-state index in [4.69, 9.17) is 5.11 Å². The Morgan fingerprint density at radius 3 is 2.83 bits per heavy atom. The van der Waals surface area contributed by atoms with Crippen LogP contribution in [0.1, 0.15) is 42.9 Å². The van der Waals surface area contributed by atoms with E-state index < -0.39 is 5.56 Å². The first-order chi connectivity index (χ1) is 11.0. The van der Waals surface area contributed by atoms with E-state index >= 15 is 0 Å². The van der Waals surface area contributed by atoms with Crippen LogP contribution in [0.15, 0.2) is 4.79 Å². The van der Waals surface area contributed by atoms with E-state index in [1.807, 2.05) is 6.07 Å². The lowest BCUT2D eigenvalue weighted by molar-refractivity contribution is -0.922. The maximum absolute atomic E-state index is 12.3. The molecule has 0 amide bonds. The Morgan fingerprint density at radius 1 is 1.48 bits per heavy atom. The van der Waals surface area contributed by atoms with E-state index in [1.54, 1.807) is 6.92 Å². The summed E-state index contributed by atoms with van der Waals surface area (Å²) in [6.07, 6.45) is 2.76. The van der Waals surface area contributed by atoms with Crippen molar-refractivity contribution in [1.82, 2.24) is 4.57 Å². The molecule has 0 saturated carbocycles. The number of piperidine rings is 1. The highest BCUT2D eigenvalue weighted by atomic mass is 16.3. The van der Waals surface area contributed by atoms with Gasteiger partial charge in [0.15, 0.2) is 0 Å². The van der Waals surface area contributed by atoms with Gasteiger partial charge in [0.2, 0.25) is 5.88 Å². The number of nitriles is 1. The van der Waals surface area contributed by atoms with Gasteiger partial charge in [-0.25, -0.2) is 0 Å². The number of likely N-dealkylation sites (tertiary alicyclic amines) is 1. The van der Waals surface area contributed by atoms with E-state index in [0.29, 0.717) is 30.0 Å². The monoisotopic (exact) mass is 320 g/mol. The summed E-state index contributed by atoms with van der Waals surface area (Å²) in [7, 11) is 0. The number of aromatic nitrogens is 1. The largest absolute Gasteiger partial charge is 0.494 e. The van der Waals surface area contributed by atoms with Gasteiger partial charge in [0.05, 0.1) is 18.7 Å². The lowest BCUT2D eigenvalue weighted by Gasteiger charge is -2.29. The molecule has 6 nitrogen and oxygen atoms in total. The molecule has 1 saturated heterocycles. The molecule has 2 atom stereocenters. The third-order valence-corrected chi connectivity index (χ3v) is 4.76. The van der Waals surface area contributed by atoms with Gasteiger partial charge in [-0.3, -0.25) is 9.36 Å². The maximum Gasteiger partial charge on any atom is 0.271 e. The lowest BCUT2D eigenvalue weighted by atomic mass is 9.98. The Morgan fingerprint density at radius 2 is 2.22 bits per heavy atom. The summed E-state index contributed by atoms with van der Waals surface area (Å²) in [4.78, 5) is 13.7. The Balaban J connectivity index is 2.41. The summed E-state index contributed by atoms with van der Waals surface area (Å²) in [5.74, 6) is 0.600. The number of rotatable bonds is 5. The molecular formula is C17H26N3O3+. The van der Waals surface area contributed by atoms with Crippen LogP contribution in [0.3, 0.4) is 0 Å². The molecule has 0 radical (unpaired) electrons. The third kappa shape index (κ3) is 3.74. The third-order valence-electron chi connectivity index (χ3n) is 4.76. The molecule has 1 aromatic heterocycles. The topological polar surface area (TPSA) is 90.7 Å². The predicted molar refractivity (Wildman–Crippen MR) is 86.3 cm³/mol. The number of quaternary nitrogens is 1. The van der Waals surface area contributed by atoms with Gasteiger partial charge in [-0.05, 0) is 31.7 Å². The fourth-order valence-electron chi connectivity index (χ4n) is 3.46. The zero-order valence-electron chi connectivity index (χ0n) is 13.9. The van der Waals surface area contributed by atoms with Crippen molar-refractivity contribution in [3.63, 3.8) is 0 Å². The van der Waals surface area contributed by atoms with Gasteiger partial charge >= 0.3 is 0 Å². The summed E-state index contributed by atoms with van der Waals surface area (Å²) in [5.41, 5.74) is 0.895. The molecule has 23 heavy (non-hydrogen) atoms. The van der Waals surface area contributed by atoms with Gasteiger partial charge in [-0.2, -0.15) is 5.26 Å². The van der Waals surface area contributed by atoms with Crippen molar-refractivity contribution < 1.29 is 15.1 Å². The predicted octanol–water partition coefficient (Wildman–Crippen LogP) is -0.0688. The summed E-state index contributed by atoms with van der Waals surface area (Å²) >= 11 is 0. The fraction of sp³-hybridized carbons (Fsp3) is 0.647. The van der Waals surface area contributed by atoms with Crippen LogP contribution in [-0.2, 0) is 13.1 Å². The summed E-state index contributed by atoms with van der Waals surface area (Å²) in [5, 5.41) is 28.8. The minimum Gasteiger partial charge on any atom is -0.494 e. The molecule has 126 valence electrons. The van der Waals surface area contributed by atoms with Crippen molar-refractivity contribution in [3.05, 3.63) is 27.0 Å². The van der Waals surface area contributed by atoms with E-state index in [1.165, 1.54) is 15.9 Å². The first kappa shape index (κ1) is 17.5. The normalized spacial score (nSPS) is 21.1. The molecule has 6 heteroatoms. The Kier molecular flexibility index (Phi) is 5.80. The van der Waals surface area contributed by atoms with E-state index in [-0.39, 0.29) is 24.6 Å². The van der Waals surface area contributed by atoms with E-state index in [2.05, 4.69) is 6.92 Å². The molecule has 0 aromatic carbocycles. The highest BCUT2D eigenvalue weighted by Gasteiger charge is 2.25. The molecule has 3 N–H and O–H groups in total. The number of pyridine rings is 1. The molecule has 1 unspecified atom stereocenters. The van der Waals surface area contributed by atoms with Crippen molar-refractivity contribution in [3.8, 4) is 11.9 Å². The smallest absolute Gasteiger partial charge is 0.271 e. The van der Waals surface area contributed by atoms with Crippen LogP contribution in [0.5, 0.6) is 5.88 Å². The molecule has 1 aliphatic rings. The zero-order valence-corrected chi connectivity index (χ0v) is 13.9. The Hall–Kier alpha value is -1.84. The molecule has 1 aliphatic heterocycles. The Bertz CT molecular complexity index is 661. The van der Waals surface area contributed by atoms with Crippen LogP contribution in [0.2, 0.25) is 0 Å². The van der Waals surface area contributed by atoms with Crippen molar-refractivity contribution >= 4 is 0 Å². The van der Waals surface area contributed by atoms with Crippen LogP contribution in [-0.4, -0.2) is 34.5 Å². The number of nitrogens with zero attached hydrogens (tertiary/aromatic N) is 2. The van der Waals surface area contributed by atoms with Gasteiger partial charge in [-0.15, -0.1) is 0 Å². The van der Waals surface area contributed by atoms with Crippen LogP contribution in [0.4, 0.5) is 0 Å². The van der Waals surface area contributed by atoms with Crippen molar-refractivity contribution in [1.29, 1.82) is 5.26 Å². The molecule has 2 heterocycles. The molecule has 1 aromatic rings. The van der Waals surface area contributed by atoms with Crippen molar-refractivity contribution in [2.75, 3.05) is 19.7 Å². The highest BCUT2D eigenvalue weighted by Crippen LogP contribution is 2.21. The number of hydrogen-bond acceptors (Lipinski definition) is 4. The highest BCUT2D eigenvalue weighted by molar-refractivity contribution is 5.44. The van der Waals surface area contributed by atoms with Gasteiger partial charge in [-0.1, -0.05) is 6.92 Å².